The van der Waals surface area contributed by atoms with Gasteiger partial charge in [-0.3, -0.25) is 4.79 Å². The van der Waals surface area contributed by atoms with E-state index in [1.807, 2.05) is 0 Å². The molecule has 1 aliphatic carbocycles. The molecule has 0 saturated heterocycles. The van der Waals surface area contributed by atoms with Crippen LogP contribution in [0.25, 0.3) is 0 Å². The van der Waals surface area contributed by atoms with Crippen LogP contribution < -0.4 is 5.32 Å². The Bertz CT molecular complexity index is 930. The van der Waals surface area contributed by atoms with Crippen molar-refractivity contribution in [1.82, 2.24) is 4.31 Å². The number of hydrogen-bond donors (Lipinski definition) is 1. The van der Waals surface area contributed by atoms with Gasteiger partial charge in [0.1, 0.15) is 0 Å². The van der Waals surface area contributed by atoms with Gasteiger partial charge in [-0.05, 0) is 37.1 Å². The first-order valence-electron chi connectivity index (χ1n) is 9.20. The summed E-state index contributed by atoms with van der Waals surface area (Å²) in [5.74, 6) is -0.450. The third-order valence-electron chi connectivity index (χ3n) is 4.86. The van der Waals surface area contributed by atoms with Crippen molar-refractivity contribution < 1.29 is 13.2 Å². The molecule has 0 unspecified atom stereocenters. The third kappa shape index (κ3) is 4.87. The molecule has 2 aromatic carbocycles. The Morgan fingerprint density at radius 2 is 1.68 bits per heavy atom. The highest BCUT2D eigenvalue weighted by Crippen LogP contribution is 2.30. The van der Waals surface area contributed by atoms with E-state index < -0.39 is 15.9 Å². The number of carbonyl (C=O) groups is 1. The van der Waals surface area contributed by atoms with Crippen molar-refractivity contribution >= 4 is 44.8 Å². The normalized spacial score (nSPS) is 15.5. The average molecular weight is 441 g/mol. The molecule has 5 nitrogen and oxygen atoms in total. The Labute approximate surface area is 175 Å². The summed E-state index contributed by atoms with van der Waals surface area (Å²) in [7, 11) is -3.79. The molecule has 28 heavy (non-hydrogen) atoms. The van der Waals surface area contributed by atoms with Gasteiger partial charge in [0, 0.05) is 6.04 Å². The van der Waals surface area contributed by atoms with E-state index in [1.165, 1.54) is 4.31 Å². The summed E-state index contributed by atoms with van der Waals surface area (Å²) < 4.78 is 27.8. The van der Waals surface area contributed by atoms with Gasteiger partial charge in [-0.2, -0.15) is 4.31 Å². The van der Waals surface area contributed by atoms with Crippen LogP contribution in [-0.2, 0) is 14.8 Å². The molecule has 2 aromatic rings. The van der Waals surface area contributed by atoms with Crippen LogP contribution >= 0.6 is 23.2 Å². The second kappa shape index (κ2) is 9.27. The monoisotopic (exact) mass is 440 g/mol. The maximum atomic E-state index is 13.2. The first-order chi connectivity index (χ1) is 13.4. The molecule has 3 rings (SSSR count). The van der Waals surface area contributed by atoms with Crippen molar-refractivity contribution in [1.29, 1.82) is 0 Å². The van der Waals surface area contributed by atoms with Gasteiger partial charge in [-0.15, -0.1) is 0 Å². The highest BCUT2D eigenvalue weighted by molar-refractivity contribution is 7.89. The Balaban J connectivity index is 1.85. The predicted molar refractivity (Wildman–Crippen MR) is 112 cm³/mol. The zero-order valence-electron chi connectivity index (χ0n) is 15.3. The molecule has 0 heterocycles. The molecule has 0 aromatic heterocycles. The van der Waals surface area contributed by atoms with Crippen LogP contribution in [0.4, 0.5) is 5.69 Å². The van der Waals surface area contributed by atoms with Gasteiger partial charge in [0.15, 0.2) is 0 Å². The van der Waals surface area contributed by atoms with Crippen LogP contribution in [0.15, 0.2) is 53.4 Å². The molecule has 8 heteroatoms. The van der Waals surface area contributed by atoms with E-state index in [9.17, 15) is 13.2 Å². The molecule has 0 aliphatic heterocycles. The van der Waals surface area contributed by atoms with E-state index in [0.717, 1.165) is 32.1 Å². The summed E-state index contributed by atoms with van der Waals surface area (Å²) >= 11 is 12.1. The fraction of sp³-hybridized carbons (Fsp3) is 0.350. The number of nitrogens with one attached hydrogen (secondary N) is 1. The number of anilines is 1. The zero-order valence-corrected chi connectivity index (χ0v) is 17.6. The second-order valence-corrected chi connectivity index (χ2v) is 9.48. The summed E-state index contributed by atoms with van der Waals surface area (Å²) in [6.45, 7) is -0.273. The zero-order chi connectivity index (χ0) is 20.1. The SMILES string of the molecule is O=C(CN(C1CCCCC1)S(=O)(=O)c1ccccc1)Nc1cccc(Cl)c1Cl. The van der Waals surface area contributed by atoms with Crippen molar-refractivity contribution in [3.63, 3.8) is 0 Å². The number of carbonyl (C=O) groups excluding carboxylic acids is 1. The van der Waals surface area contributed by atoms with E-state index in [0.29, 0.717) is 10.7 Å². The molecule has 1 amide bonds. The van der Waals surface area contributed by atoms with Crippen molar-refractivity contribution in [2.24, 2.45) is 0 Å². The molecule has 1 saturated carbocycles. The summed E-state index contributed by atoms with van der Waals surface area (Å²) in [5.41, 5.74) is 0.361. The molecular weight excluding hydrogens is 419 g/mol. The maximum absolute atomic E-state index is 13.2. The number of halogens is 2. The van der Waals surface area contributed by atoms with Crippen molar-refractivity contribution in [2.75, 3.05) is 11.9 Å². The highest BCUT2D eigenvalue weighted by atomic mass is 35.5. The lowest BCUT2D eigenvalue weighted by Crippen LogP contribution is -2.45. The van der Waals surface area contributed by atoms with Crippen LogP contribution in [0.3, 0.4) is 0 Å². The highest BCUT2D eigenvalue weighted by Gasteiger charge is 2.34. The molecule has 1 aliphatic rings. The Kier molecular flexibility index (Phi) is 6.99. The molecule has 0 spiro atoms. The van der Waals surface area contributed by atoms with Crippen LogP contribution in [0.1, 0.15) is 32.1 Å². The smallest absolute Gasteiger partial charge is 0.243 e. The van der Waals surface area contributed by atoms with Gasteiger partial charge < -0.3 is 5.32 Å². The van der Waals surface area contributed by atoms with Gasteiger partial charge in [0.2, 0.25) is 15.9 Å². The van der Waals surface area contributed by atoms with E-state index >= 15 is 0 Å². The van der Waals surface area contributed by atoms with E-state index in [4.69, 9.17) is 23.2 Å². The van der Waals surface area contributed by atoms with E-state index in [-0.39, 0.29) is 22.5 Å². The van der Waals surface area contributed by atoms with E-state index in [1.54, 1.807) is 48.5 Å². The molecule has 1 fully saturated rings. The minimum absolute atomic E-state index is 0.189. The third-order valence-corrected chi connectivity index (χ3v) is 7.59. The average Bonchev–Trinajstić information content (AvgIpc) is 2.71. The molecule has 0 radical (unpaired) electrons. The maximum Gasteiger partial charge on any atom is 0.243 e. The molecule has 0 bridgehead atoms. The lowest BCUT2D eigenvalue weighted by Gasteiger charge is -2.33. The van der Waals surface area contributed by atoms with Crippen molar-refractivity contribution in [2.45, 2.75) is 43.0 Å². The lowest BCUT2D eigenvalue weighted by molar-refractivity contribution is -0.116. The van der Waals surface area contributed by atoms with Crippen LogP contribution in [-0.4, -0.2) is 31.2 Å². The number of sulfonamides is 1. The van der Waals surface area contributed by atoms with Crippen LogP contribution in [0.2, 0.25) is 10.0 Å². The first-order valence-corrected chi connectivity index (χ1v) is 11.4. The number of hydrogen-bond acceptors (Lipinski definition) is 3. The van der Waals surface area contributed by atoms with Gasteiger partial charge >= 0.3 is 0 Å². The standard InChI is InChI=1S/C20H22Cl2N2O3S/c21-17-12-7-13-18(20(17)22)23-19(25)14-24(15-8-3-1-4-9-15)28(26,27)16-10-5-2-6-11-16/h2,5-7,10-13,15H,1,3-4,8-9,14H2,(H,23,25). The number of benzene rings is 2. The molecule has 1 N–H and O–H groups in total. The van der Waals surface area contributed by atoms with Crippen molar-refractivity contribution in [3.05, 3.63) is 58.6 Å². The number of nitrogens with zero attached hydrogens (tertiary/aromatic N) is 1. The van der Waals surface area contributed by atoms with Gasteiger partial charge in [0.25, 0.3) is 0 Å². The fourth-order valence-electron chi connectivity index (χ4n) is 3.44. The number of rotatable bonds is 6. The van der Waals surface area contributed by atoms with Gasteiger partial charge in [-0.25, -0.2) is 8.42 Å². The Morgan fingerprint density at radius 3 is 2.36 bits per heavy atom. The summed E-state index contributed by atoms with van der Waals surface area (Å²) in [5, 5.41) is 3.23. The minimum atomic E-state index is -3.79. The quantitative estimate of drug-likeness (QED) is 0.690. The largest absolute Gasteiger partial charge is 0.324 e. The first kappa shape index (κ1) is 21.1. The molecular formula is C20H22Cl2N2O3S. The summed E-state index contributed by atoms with van der Waals surface area (Å²) in [4.78, 5) is 12.9. The van der Waals surface area contributed by atoms with E-state index in [2.05, 4.69) is 5.32 Å². The van der Waals surface area contributed by atoms with Crippen LogP contribution in [0.5, 0.6) is 0 Å². The second-order valence-electron chi connectivity index (χ2n) is 6.80. The molecule has 0 atom stereocenters. The lowest BCUT2D eigenvalue weighted by atomic mass is 9.95. The molecule has 150 valence electrons. The Morgan fingerprint density at radius 1 is 1.00 bits per heavy atom. The Hall–Kier alpha value is -1.60. The van der Waals surface area contributed by atoms with Gasteiger partial charge in [-0.1, -0.05) is 66.7 Å². The predicted octanol–water partition coefficient (Wildman–Crippen LogP) is 4.96. The number of amides is 1. The summed E-state index contributed by atoms with van der Waals surface area (Å²) in [6, 6.07) is 12.9. The van der Waals surface area contributed by atoms with Crippen LogP contribution in [0, 0.1) is 0 Å². The topological polar surface area (TPSA) is 66.5 Å². The fourth-order valence-corrected chi connectivity index (χ4v) is 5.45. The van der Waals surface area contributed by atoms with Crippen molar-refractivity contribution in [3.8, 4) is 0 Å². The minimum Gasteiger partial charge on any atom is -0.324 e. The van der Waals surface area contributed by atoms with Gasteiger partial charge in [0.05, 0.1) is 27.2 Å². The summed E-state index contributed by atoms with van der Waals surface area (Å²) in [6.07, 6.45) is 4.48.